The molecule has 3 nitrogen and oxygen atoms in total. The molecule has 0 atom stereocenters. The molecule has 1 aliphatic rings. The molecule has 86 valence electrons. The predicted molar refractivity (Wildman–Crippen MR) is 59.8 cm³/mol. The molecule has 1 saturated heterocycles. The highest BCUT2D eigenvalue weighted by Gasteiger charge is 2.22. The first kappa shape index (κ1) is 12.5. The lowest BCUT2D eigenvalue weighted by molar-refractivity contribution is -0.143. The van der Waals surface area contributed by atoms with Crippen LogP contribution in [-0.4, -0.2) is 29.1 Å². The Kier molecular flexibility index (Phi) is 5.69. The van der Waals surface area contributed by atoms with Gasteiger partial charge in [-0.05, 0) is 25.7 Å². The van der Waals surface area contributed by atoms with Crippen LogP contribution in [0.5, 0.6) is 0 Å². The highest BCUT2D eigenvalue weighted by Crippen LogP contribution is 2.13. The van der Waals surface area contributed by atoms with Crippen LogP contribution in [0, 0.1) is 0 Å². The summed E-state index contributed by atoms with van der Waals surface area (Å²) in [4.78, 5) is 24.6. The third-order valence-corrected chi connectivity index (χ3v) is 2.92. The maximum atomic E-state index is 11.6. The molecule has 1 aliphatic heterocycles. The number of unbranched alkanes of at least 4 members (excludes halogenated alkanes) is 2. The van der Waals surface area contributed by atoms with Crippen LogP contribution in [0.1, 0.15) is 44.9 Å². The van der Waals surface area contributed by atoms with E-state index in [1.807, 2.05) is 0 Å². The van der Waals surface area contributed by atoms with Gasteiger partial charge < -0.3 is 0 Å². The Morgan fingerprint density at radius 3 is 2.13 bits per heavy atom. The molecule has 0 unspecified atom stereocenters. The maximum Gasteiger partial charge on any atom is 0.229 e. The molecule has 0 aromatic rings. The molecular weight excluding hydrogens is 214 g/mol. The molecule has 1 fully saturated rings. The Labute approximate surface area is 95.8 Å². The zero-order valence-electron chi connectivity index (χ0n) is 9.01. The molecule has 0 radical (unpaired) electrons. The molecule has 2 amide bonds. The molecule has 0 saturated carbocycles. The van der Waals surface area contributed by atoms with E-state index in [1.165, 1.54) is 4.90 Å². The lowest BCUT2D eigenvalue weighted by Crippen LogP contribution is -2.35. The number of likely N-dealkylation sites (tertiary alicyclic amines) is 1. The molecule has 0 spiro atoms. The van der Waals surface area contributed by atoms with Crippen molar-refractivity contribution in [2.45, 2.75) is 44.9 Å². The quantitative estimate of drug-likeness (QED) is 0.414. The minimum absolute atomic E-state index is 0.00312. The van der Waals surface area contributed by atoms with Crippen molar-refractivity contribution in [2.24, 2.45) is 0 Å². The molecule has 0 aliphatic carbocycles. The van der Waals surface area contributed by atoms with Gasteiger partial charge >= 0.3 is 0 Å². The number of halogens is 1. The largest absolute Gasteiger partial charge is 0.283 e. The van der Waals surface area contributed by atoms with E-state index in [4.69, 9.17) is 11.6 Å². The fourth-order valence-electron chi connectivity index (χ4n) is 1.75. The summed E-state index contributed by atoms with van der Waals surface area (Å²) in [6.45, 7) is 0.578. The highest BCUT2D eigenvalue weighted by atomic mass is 35.5. The zero-order chi connectivity index (χ0) is 11.1. The number of alkyl halides is 1. The number of hydrogen-bond donors (Lipinski definition) is 0. The van der Waals surface area contributed by atoms with Crippen LogP contribution in [0.2, 0.25) is 0 Å². The van der Waals surface area contributed by atoms with Gasteiger partial charge in [-0.1, -0.05) is 6.42 Å². The van der Waals surface area contributed by atoms with E-state index in [1.54, 1.807) is 0 Å². The fourth-order valence-corrected chi connectivity index (χ4v) is 1.94. The van der Waals surface area contributed by atoms with E-state index >= 15 is 0 Å². The number of amides is 2. The summed E-state index contributed by atoms with van der Waals surface area (Å²) in [5.41, 5.74) is 0. The summed E-state index contributed by atoms with van der Waals surface area (Å²) < 4.78 is 0. The molecule has 1 heterocycles. The van der Waals surface area contributed by atoms with Gasteiger partial charge in [0.05, 0.1) is 0 Å². The van der Waals surface area contributed by atoms with Gasteiger partial charge in [0.15, 0.2) is 0 Å². The minimum atomic E-state index is 0.00312. The second-order valence-corrected chi connectivity index (χ2v) is 4.27. The van der Waals surface area contributed by atoms with Gasteiger partial charge in [-0.25, -0.2) is 0 Å². The van der Waals surface area contributed by atoms with E-state index in [0.717, 1.165) is 32.1 Å². The Hall–Kier alpha value is -0.570. The van der Waals surface area contributed by atoms with Crippen LogP contribution < -0.4 is 0 Å². The van der Waals surface area contributed by atoms with E-state index in [2.05, 4.69) is 0 Å². The van der Waals surface area contributed by atoms with Crippen LogP contribution >= 0.6 is 11.6 Å². The van der Waals surface area contributed by atoms with Crippen molar-refractivity contribution in [3.8, 4) is 0 Å². The van der Waals surface area contributed by atoms with Crippen molar-refractivity contribution >= 4 is 23.4 Å². The summed E-state index contributed by atoms with van der Waals surface area (Å²) in [6, 6.07) is 0. The monoisotopic (exact) mass is 231 g/mol. The summed E-state index contributed by atoms with van der Waals surface area (Å²) in [5, 5.41) is 0. The third kappa shape index (κ3) is 4.20. The normalized spacial score (nSPS) is 18.1. The van der Waals surface area contributed by atoms with Gasteiger partial charge in [0, 0.05) is 25.3 Å². The van der Waals surface area contributed by atoms with E-state index < -0.39 is 0 Å². The molecule has 0 aromatic carbocycles. The second-order valence-electron chi connectivity index (χ2n) is 3.90. The Bertz CT molecular complexity index is 213. The first-order valence-electron chi connectivity index (χ1n) is 5.65. The average molecular weight is 232 g/mol. The topological polar surface area (TPSA) is 37.4 Å². The van der Waals surface area contributed by atoms with Crippen molar-refractivity contribution in [3.63, 3.8) is 0 Å². The van der Waals surface area contributed by atoms with Crippen molar-refractivity contribution in [1.82, 2.24) is 4.90 Å². The minimum Gasteiger partial charge on any atom is -0.283 e. The van der Waals surface area contributed by atoms with E-state index in [0.29, 0.717) is 25.3 Å². The standard InChI is InChI=1S/C11H18ClNO2/c12-8-4-1-5-9-13-10(14)6-2-3-7-11(13)15/h1-9H2. The Balaban J connectivity index is 2.35. The Morgan fingerprint density at radius 1 is 1.00 bits per heavy atom. The number of nitrogens with zero attached hydrogens (tertiary/aromatic N) is 1. The van der Waals surface area contributed by atoms with Gasteiger partial charge in [0.1, 0.15) is 0 Å². The Morgan fingerprint density at radius 2 is 1.60 bits per heavy atom. The van der Waals surface area contributed by atoms with Crippen molar-refractivity contribution in [3.05, 3.63) is 0 Å². The van der Waals surface area contributed by atoms with Crippen LogP contribution in [-0.2, 0) is 9.59 Å². The van der Waals surface area contributed by atoms with E-state index in [-0.39, 0.29) is 11.8 Å². The lowest BCUT2D eigenvalue weighted by atomic mass is 10.2. The first-order valence-corrected chi connectivity index (χ1v) is 6.18. The van der Waals surface area contributed by atoms with Crippen molar-refractivity contribution < 1.29 is 9.59 Å². The number of imide groups is 1. The summed E-state index contributed by atoms with van der Waals surface area (Å²) in [6.07, 6.45) is 5.58. The average Bonchev–Trinajstić information content (AvgIpc) is 2.37. The second kappa shape index (κ2) is 6.83. The summed E-state index contributed by atoms with van der Waals surface area (Å²) in [5.74, 6) is 0.661. The molecule has 4 heteroatoms. The molecule has 15 heavy (non-hydrogen) atoms. The third-order valence-electron chi connectivity index (χ3n) is 2.65. The number of carbonyl (C=O) groups is 2. The van der Waals surface area contributed by atoms with Gasteiger partial charge in [-0.3, -0.25) is 14.5 Å². The predicted octanol–water partition coefficient (Wildman–Crippen LogP) is 2.32. The van der Waals surface area contributed by atoms with Gasteiger partial charge in [-0.2, -0.15) is 0 Å². The first-order chi connectivity index (χ1) is 7.25. The fraction of sp³-hybridized carbons (Fsp3) is 0.818. The van der Waals surface area contributed by atoms with Crippen LogP contribution in [0.25, 0.3) is 0 Å². The van der Waals surface area contributed by atoms with Gasteiger partial charge in [0.25, 0.3) is 0 Å². The summed E-state index contributed by atoms with van der Waals surface area (Å²) in [7, 11) is 0. The molecule has 0 N–H and O–H groups in total. The molecule has 0 aromatic heterocycles. The highest BCUT2D eigenvalue weighted by molar-refractivity contribution is 6.17. The zero-order valence-corrected chi connectivity index (χ0v) is 9.76. The number of hydrogen-bond acceptors (Lipinski definition) is 2. The molecule has 1 rings (SSSR count). The maximum absolute atomic E-state index is 11.6. The van der Waals surface area contributed by atoms with Crippen LogP contribution in [0.4, 0.5) is 0 Å². The van der Waals surface area contributed by atoms with Gasteiger partial charge in [0.2, 0.25) is 11.8 Å². The van der Waals surface area contributed by atoms with Crippen molar-refractivity contribution in [1.29, 1.82) is 0 Å². The molecule has 0 bridgehead atoms. The van der Waals surface area contributed by atoms with Crippen LogP contribution in [0.3, 0.4) is 0 Å². The SMILES string of the molecule is O=C1CCCCC(=O)N1CCCCCCl. The van der Waals surface area contributed by atoms with Crippen molar-refractivity contribution in [2.75, 3.05) is 12.4 Å². The van der Waals surface area contributed by atoms with Crippen LogP contribution in [0.15, 0.2) is 0 Å². The molecular formula is C11H18ClNO2. The lowest BCUT2D eigenvalue weighted by Gasteiger charge is -2.18. The smallest absolute Gasteiger partial charge is 0.229 e. The van der Waals surface area contributed by atoms with E-state index in [9.17, 15) is 9.59 Å². The summed E-state index contributed by atoms with van der Waals surface area (Å²) >= 11 is 5.56. The number of rotatable bonds is 5. The van der Waals surface area contributed by atoms with Gasteiger partial charge in [-0.15, -0.1) is 11.6 Å². The number of carbonyl (C=O) groups excluding carboxylic acids is 2.